The third-order valence-corrected chi connectivity index (χ3v) is 5.24. The summed E-state index contributed by atoms with van der Waals surface area (Å²) in [5, 5.41) is 7.31. The van der Waals surface area contributed by atoms with Gasteiger partial charge in [-0.1, -0.05) is 35.9 Å². The Kier molecular flexibility index (Phi) is 7.51. The Hall–Kier alpha value is -2.31. The number of guanidine groups is 1. The van der Waals surface area contributed by atoms with E-state index in [4.69, 9.17) is 16.3 Å². The Labute approximate surface area is 172 Å². The lowest BCUT2D eigenvalue weighted by molar-refractivity contribution is 0.239. The van der Waals surface area contributed by atoms with Gasteiger partial charge in [0.05, 0.1) is 13.2 Å². The molecule has 6 nitrogen and oxygen atoms in total. The quantitative estimate of drug-likeness (QED) is 0.423. The topological polar surface area (TPSA) is 61.8 Å². The summed E-state index contributed by atoms with van der Waals surface area (Å²) < 4.78 is 5.62. The number of hydrogen-bond donors (Lipinski definition) is 2. The van der Waals surface area contributed by atoms with E-state index in [9.17, 15) is 0 Å². The molecule has 1 fully saturated rings. The van der Waals surface area contributed by atoms with Crippen LogP contribution >= 0.6 is 11.6 Å². The van der Waals surface area contributed by atoms with Gasteiger partial charge in [0.1, 0.15) is 10.9 Å². The summed E-state index contributed by atoms with van der Waals surface area (Å²) in [5.74, 6) is 1.69. The van der Waals surface area contributed by atoms with E-state index in [-0.39, 0.29) is 6.04 Å². The number of likely N-dealkylation sites (tertiary alicyclic amines) is 1. The Morgan fingerprint density at radius 1 is 1.21 bits per heavy atom. The summed E-state index contributed by atoms with van der Waals surface area (Å²) in [6, 6.07) is 12.2. The van der Waals surface area contributed by atoms with E-state index in [0.717, 1.165) is 36.9 Å². The number of nitrogens with zero attached hydrogens (tertiary/aromatic N) is 3. The average Bonchev–Trinajstić information content (AvgIpc) is 3.26. The molecule has 7 heteroatoms. The van der Waals surface area contributed by atoms with Gasteiger partial charge in [0.15, 0.2) is 5.96 Å². The maximum atomic E-state index is 5.85. The first kappa shape index (κ1) is 20.4. The number of ether oxygens (including phenoxy) is 1. The van der Waals surface area contributed by atoms with Crippen molar-refractivity contribution >= 4 is 17.6 Å². The highest BCUT2D eigenvalue weighted by Crippen LogP contribution is 2.31. The van der Waals surface area contributed by atoms with E-state index in [1.165, 1.54) is 18.4 Å². The zero-order valence-corrected chi connectivity index (χ0v) is 17.2. The third-order valence-electron chi connectivity index (χ3n) is 5.01. The molecule has 1 atom stereocenters. The summed E-state index contributed by atoms with van der Waals surface area (Å²) in [7, 11) is 3.51. The number of rotatable bonds is 7. The number of methoxy groups -OCH3 is 1. The highest BCUT2D eigenvalue weighted by molar-refractivity contribution is 6.29. The summed E-state index contributed by atoms with van der Waals surface area (Å²) in [6.07, 6.45) is 4.24. The largest absolute Gasteiger partial charge is 0.496 e. The molecule has 150 valence electrons. The number of halogens is 1. The predicted molar refractivity (Wildman–Crippen MR) is 114 cm³/mol. The van der Waals surface area contributed by atoms with Crippen molar-refractivity contribution in [3.05, 3.63) is 58.9 Å². The van der Waals surface area contributed by atoms with Gasteiger partial charge in [-0.25, -0.2) is 4.98 Å². The molecule has 1 aliphatic rings. The highest BCUT2D eigenvalue weighted by atomic mass is 35.5. The molecule has 3 rings (SSSR count). The molecule has 0 bridgehead atoms. The maximum absolute atomic E-state index is 5.85. The van der Waals surface area contributed by atoms with Crippen LogP contribution in [0.1, 0.15) is 30.0 Å². The van der Waals surface area contributed by atoms with Crippen LogP contribution in [0.5, 0.6) is 5.75 Å². The van der Waals surface area contributed by atoms with Crippen molar-refractivity contribution in [3.63, 3.8) is 0 Å². The maximum Gasteiger partial charge on any atom is 0.191 e. The van der Waals surface area contributed by atoms with Gasteiger partial charge in [-0.3, -0.25) is 9.89 Å². The van der Waals surface area contributed by atoms with Crippen LogP contribution in [0.25, 0.3) is 0 Å². The van der Waals surface area contributed by atoms with E-state index in [2.05, 4.69) is 37.6 Å². The number of aromatic nitrogens is 1. The minimum atomic E-state index is 0.231. The molecule has 28 heavy (non-hydrogen) atoms. The molecular weight excluding hydrogens is 374 g/mol. The zero-order valence-electron chi connectivity index (χ0n) is 16.5. The number of hydrogen-bond acceptors (Lipinski definition) is 4. The van der Waals surface area contributed by atoms with Gasteiger partial charge >= 0.3 is 0 Å². The first-order valence-electron chi connectivity index (χ1n) is 9.63. The molecule has 1 aliphatic heterocycles. The van der Waals surface area contributed by atoms with Crippen LogP contribution in [-0.2, 0) is 6.54 Å². The summed E-state index contributed by atoms with van der Waals surface area (Å²) in [5.41, 5.74) is 2.25. The molecule has 1 saturated heterocycles. The summed E-state index contributed by atoms with van der Waals surface area (Å²) in [4.78, 5) is 11.0. The molecule has 0 radical (unpaired) electrons. The number of pyridine rings is 1. The molecule has 1 aromatic carbocycles. The average molecular weight is 402 g/mol. The molecule has 0 saturated carbocycles. The Balaban J connectivity index is 1.65. The Bertz CT molecular complexity index is 775. The van der Waals surface area contributed by atoms with Gasteiger partial charge < -0.3 is 15.4 Å². The SMILES string of the molecule is CN=C(NCc1ccc(Cl)nc1)NCC(c1ccccc1OC)N1CCCC1. The monoisotopic (exact) mass is 401 g/mol. The van der Waals surface area contributed by atoms with Crippen LogP contribution in [0.2, 0.25) is 5.15 Å². The molecule has 2 aromatic rings. The number of para-hydroxylation sites is 1. The fraction of sp³-hybridized carbons (Fsp3) is 0.429. The third kappa shape index (κ3) is 5.36. The van der Waals surface area contributed by atoms with Gasteiger partial charge in [0.25, 0.3) is 0 Å². The van der Waals surface area contributed by atoms with Gasteiger partial charge in [0.2, 0.25) is 0 Å². The van der Waals surface area contributed by atoms with Crippen LogP contribution in [0.4, 0.5) is 0 Å². The van der Waals surface area contributed by atoms with Crippen molar-refractivity contribution in [2.24, 2.45) is 4.99 Å². The molecule has 0 aliphatic carbocycles. The van der Waals surface area contributed by atoms with Gasteiger partial charge in [0, 0.05) is 31.9 Å². The lowest BCUT2D eigenvalue weighted by Gasteiger charge is -2.30. The van der Waals surface area contributed by atoms with Gasteiger partial charge in [-0.05, 0) is 43.6 Å². The first-order valence-corrected chi connectivity index (χ1v) is 10.0. The summed E-state index contributed by atoms with van der Waals surface area (Å²) in [6.45, 7) is 3.59. The second-order valence-electron chi connectivity index (χ2n) is 6.80. The highest BCUT2D eigenvalue weighted by Gasteiger charge is 2.25. The number of aliphatic imine (C=N–C) groups is 1. The van der Waals surface area contributed by atoms with Crippen LogP contribution < -0.4 is 15.4 Å². The molecule has 1 aromatic heterocycles. The van der Waals surface area contributed by atoms with Crippen molar-refractivity contribution in [3.8, 4) is 5.75 Å². The van der Waals surface area contributed by atoms with E-state index < -0.39 is 0 Å². The smallest absolute Gasteiger partial charge is 0.191 e. The molecule has 0 spiro atoms. The fourth-order valence-corrected chi connectivity index (χ4v) is 3.65. The predicted octanol–water partition coefficient (Wildman–Crippen LogP) is 3.25. The Morgan fingerprint density at radius 2 is 2.00 bits per heavy atom. The van der Waals surface area contributed by atoms with E-state index in [1.807, 2.05) is 18.2 Å². The lowest BCUT2D eigenvalue weighted by atomic mass is 10.0. The number of benzene rings is 1. The fourth-order valence-electron chi connectivity index (χ4n) is 3.54. The van der Waals surface area contributed by atoms with E-state index >= 15 is 0 Å². The minimum Gasteiger partial charge on any atom is -0.496 e. The van der Waals surface area contributed by atoms with Gasteiger partial charge in [-0.2, -0.15) is 0 Å². The van der Waals surface area contributed by atoms with Gasteiger partial charge in [-0.15, -0.1) is 0 Å². The Morgan fingerprint density at radius 3 is 2.68 bits per heavy atom. The van der Waals surface area contributed by atoms with Crippen molar-refractivity contribution < 1.29 is 4.74 Å². The van der Waals surface area contributed by atoms with Crippen molar-refractivity contribution in [2.75, 3.05) is 33.8 Å². The van der Waals surface area contributed by atoms with E-state index in [0.29, 0.717) is 11.7 Å². The standard InChI is InChI=1S/C21H28ClN5O/c1-23-21(25-14-16-9-10-20(22)24-13-16)26-15-18(27-11-5-6-12-27)17-7-3-4-8-19(17)28-2/h3-4,7-10,13,18H,5-6,11-12,14-15H2,1-2H3,(H2,23,25,26). The van der Waals surface area contributed by atoms with Crippen molar-refractivity contribution in [1.82, 2.24) is 20.5 Å². The normalized spacial score (nSPS) is 16.0. The molecular formula is C21H28ClN5O. The molecule has 1 unspecified atom stereocenters. The molecule has 0 amide bonds. The molecule has 2 N–H and O–H groups in total. The van der Waals surface area contributed by atoms with Crippen LogP contribution in [0.3, 0.4) is 0 Å². The second kappa shape index (κ2) is 10.3. The second-order valence-corrected chi connectivity index (χ2v) is 7.18. The van der Waals surface area contributed by atoms with Crippen LogP contribution in [-0.4, -0.2) is 49.6 Å². The van der Waals surface area contributed by atoms with Crippen LogP contribution in [0.15, 0.2) is 47.6 Å². The lowest BCUT2D eigenvalue weighted by Crippen LogP contribution is -2.42. The minimum absolute atomic E-state index is 0.231. The molecule has 2 heterocycles. The van der Waals surface area contributed by atoms with Crippen molar-refractivity contribution in [1.29, 1.82) is 0 Å². The van der Waals surface area contributed by atoms with Crippen LogP contribution in [0, 0.1) is 0 Å². The van der Waals surface area contributed by atoms with E-state index in [1.54, 1.807) is 26.4 Å². The number of nitrogens with one attached hydrogen (secondary N) is 2. The first-order chi connectivity index (χ1) is 13.7. The van der Waals surface area contributed by atoms with Crippen molar-refractivity contribution in [2.45, 2.75) is 25.4 Å². The zero-order chi connectivity index (χ0) is 19.8. The summed E-state index contributed by atoms with van der Waals surface area (Å²) >= 11 is 5.85.